The lowest BCUT2D eigenvalue weighted by atomic mass is 10.2. The highest BCUT2D eigenvalue weighted by atomic mass is 32.2. The lowest BCUT2D eigenvalue weighted by Gasteiger charge is -2.07. The van der Waals surface area contributed by atoms with Crippen LogP contribution in [0, 0.1) is 5.92 Å². The van der Waals surface area contributed by atoms with Gasteiger partial charge in [-0.3, -0.25) is 9.36 Å². The van der Waals surface area contributed by atoms with E-state index >= 15 is 0 Å². The van der Waals surface area contributed by atoms with E-state index in [0.29, 0.717) is 16.9 Å². The van der Waals surface area contributed by atoms with Gasteiger partial charge in [-0.05, 0) is 0 Å². The molecule has 1 aromatic heterocycles. The summed E-state index contributed by atoms with van der Waals surface area (Å²) in [6, 6.07) is 0. The van der Waals surface area contributed by atoms with Gasteiger partial charge in [-0.15, -0.1) is 10.2 Å². The van der Waals surface area contributed by atoms with Crippen LogP contribution in [0.5, 0.6) is 0 Å². The number of ether oxygens (including phenoxy) is 1. The molecular weight excluding hydrogens is 216 g/mol. The number of carbonyl (C=O) groups excluding carboxylic acids is 1. The summed E-state index contributed by atoms with van der Waals surface area (Å²) in [5.41, 5.74) is 5.52. The van der Waals surface area contributed by atoms with Crippen molar-refractivity contribution in [1.29, 1.82) is 0 Å². The molecule has 7 heteroatoms. The summed E-state index contributed by atoms with van der Waals surface area (Å²) in [6.07, 6.45) is 0. The second kappa shape index (κ2) is 5.01. The maximum absolute atomic E-state index is 11.1. The first-order valence-electron chi connectivity index (χ1n) is 4.41. The van der Waals surface area contributed by atoms with Crippen molar-refractivity contribution in [2.75, 3.05) is 18.6 Å². The van der Waals surface area contributed by atoms with Crippen molar-refractivity contribution in [2.45, 2.75) is 12.1 Å². The van der Waals surface area contributed by atoms with Gasteiger partial charge in [0.25, 0.3) is 0 Å². The van der Waals surface area contributed by atoms with Crippen molar-refractivity contribution < 1.29 is 9.53 Å². The summed E-state index contributed by atoms with van der Waals surface area (Å²) in [7, 11) is 3.16. The van der Waals surface area contributed by atoms with Crippen molar-refractivity contribution in [2.24, 2.45) is 13.0 Å². The zero-order chi connectivity index (χ0) is 11.4. The van der Waals surface area contributed by atoms with E-state index in [1.165, 1.54) is 18.9 Å². The number of nitrogens with zero attached hydrogens (tertiary/aromatic N) is 3. The fraction of sp³-hybridized carbons (Fsp3) is 0.625. The third kappa shape index (κ3) is 2.85. The van der Waals surface area contributed by atoms with E-state index in [0.717, 1.165) is 0 Å². The standard InChI is InChI=1S/C8H14N4O2S/c1-5(6(13)14-3)4-15-8-11-10-7(9)12(8)2/h5H,4H2,1-3H3,(H2,9,10). The minimum absolute atomic E-state index is 0.169. The third-order valence-corrected chi connectivity index (χ3v) is 3.21. The summed E-state index contributed by atoms with van der Waals surface area (Å²) in [4.78, 5) is 11.1. The quantitative estimate of drug-likeness (QED) is 0.591. The molecule has 15 heavy (non-hydrogen) atoms. The van der Waals surface area contributed by atoms with Crippen LogP contribution in [0.2, 0.25) is 0 Å². The van der Waals surface area contributed by atoms with E-state index in [1.54, 1.807) is 18.5 Å². The smallest absolute Gasteiger partial charge is 0.309 e. The van der Waals surface area contributed by atoms with Gasteiger partial charge in [-0.25, -0.2) is 0 Å². The van der Waals surface area contributed by atoms with E-state index < -0.39 is 0 Å². The second-order valence-corrected chi connectivity index (χ2v) is 4.12. The molecule has 0 aromatic carbocycles. The van der Waals surface area contributed by atoms with Gasteiger partial charge in [0.15, 0.2) is 5.16 Å². The Hall–Kier alpha value is -1.24. The minimum Gasteiger partial charge on any atom is -0.469 e. The number of methoxy groups -OCH3 is 1. The largest absolute Gasteiger partial charge is 0.469 e. The van der Waals surface area contributed by atoms with Crippen LogP contribution in [0.15, 0.2) is 5.16 Å². The molecule has 1 aromatic rings. The van der Waals surface area contributed by atoms with Crippen molar-refractivity contribution in [3.8, 4) is 0 Å². The number of hydrogen-bond acceptors (Lipinski definition) is 6. The zero-order valence-corrected chi connectivity index (χ0v) is 9.74. The highest BCUT2D eigenvalue weighted by Gasteiger charge is 2.15. The van der Waals surface area contributed by atoms with Gasteiger partial charge in [-0.2, -0.15) is 0 Å². The molecule has 1 heterocycles. The molecule has 0 amide bonds. The van der Waals surface area contributed by atoms with Crippen molar-refractivity contribution in [3.63, 3.8) is 0 Å². The van der Waals surface area contributed by atoms with Gasteiger partial charge in [0.2, 0.25) is 5.95 Å². The number of nitrogens with two attached hydrogens (primary N) is 1. The number of esters is 1. The first-order chi connectivity index (χ1) is 7.06. The van der Waals surface area contributed by atoms with E-state index in [9.17, 15) is 4.79 Å². The molecule has 84 valence electrons. The molecule has 0 bridgehead atoms. The summed E-state index contributed by atoms with van der Waals surface area (Å²) in [5, 5.41) is 8.28. The predicted molar refractivity (Wildman–Crippen MR) is 57.3 cm³/mol. The van der Waals surface area contributed by atoms with Crippen LogP contribution in [0.1, 0.15) is 6.92 Å². The highest BCUT2D eigenvalue weighted by Crippen LogP contribution is 2.19. The third-order valence-electron chi connectivity index (χ3n) is 1.93. The molecule has 0 saturated heterocycles. The average molecular weight is 230 g/mol. The molecule has 1 atom stereocenters. The Morgan fingerprint density at radius 2 is 2.33 bits per heavy atom. The van der Waals surface area contributed by atoms with E-state index in [4.69, 9.17) is 5.73 Å². The van der Waals surface area contributed by atoms with Crippen LogP contribution in [0.25, 0.3) is 0 Å². The van der Waals surface area contributed by atoms with Gasteiger partial charge in [0.1, 0.15) is 0 Å². The van der Waals surface area contributed by atoms with Gasteiger partial charge in [0, 0.05) is 12.8 Å². The van der Waals surface area contributed by atoms with E-state index in [1.807, 2.05) is 0 Å². The molecule has 0 radical (unpaired) electrons. The maximum atomic E-state index is 11.1. The van der Waals surface area contributed by atoms with Crippen molar-refractivity contribution in [3.05, 3.63) is 0 Å². The van der Waals surface area contributed by atoms with Gasteiger partial charge >= 0.3 is 5.97 Å². The van der Waals surface area contributed by atoms with Crippen LogP contribution < -0.4 is 5.73 Å². The maximum Gasteiger partial charge on any atom is 0.309 e. The number of aromatic nitrogens is 3. The number of nitrogen functional groups attached to an aromatic ring is 1. The van der Waals surface area contributed by atoms with Crippen LogP contribution >= 0.6 is 11.8 Å². The van der Waals surface area contributed by atoms with Crippen LogP contribution in [0.3, 0.4) is 0 Å². The molecule has 0 saturated carbocycles. The molecular formula is C8H14N4O2S. The zero-order valence-electron chi connectivity index (χ0n) is 8.93. The molecule has 6 nitrogen and oxygen atoms in total. The van der Waals surface area contributed by atoms with Crippen molar-refractivity contribution >= 4 is 23.7 Å². The molecule has 1 unspecified atom stereocenters. The Morgan fingerprint density at radius 1 is 1.67 bits per heavy atom. The molecule has 0 aliphatic heterocycles. The van der Waals surface area contributed by atoms with Crippen LogP contribution in [-0.4, -0.2) is 33.6 Å². The van der Waals surface area contributed by atoms with E-state index in [2.05, 4.69) is 14.9 Å². The Labute approximate surface area is 92.2 Å². The number of anilines is 1. The normalized spacial score (nSPS) is 12.5. The van der Waals surface area contributed by atoms with Crippen LogP contribution in [-0.2, 0) is 16.6 Å². The number of carbonyl (C=O) groups is 1. The van der Waals surface area contributed by atoms with E-state index in [-0.39, 0.29) is 11.9 Å². The SMILES string of the molecule is COC(=O)C(C)CSc1nnc(N)n1C. The summed E-state index contributed by atoms with van der Waals surface area (Å²) in [6.45, 7) is 1.80. The predicted octanol–water partition coefficient (Wildman–Crippen LogP) is 0.298. The topological polar surface area (TPSA) is 83.0 Å². The molecule has 2 N–H and O–H groups in total. The molecule has 1 rings (SSSR count). The summed E-state index contributed by atoms with van der Waals surface area (Å²) < 4.78 is 6.29. The summed E-state index contributed by atoms with van der Waals surface area (Å²) >= 11 is 1.43. The number of thioether (sulfide) groups is 1. The second-order valence-electron chi connectivity index (χ2n) is 3.14. The molecule has 0 fully saturated rings. The molecule has 0 aliphatic carbocycles. The van der Waals surface area contributed by atoms with Gasteiger partial charge in [-0.1, -0.05) is 18.7 Å². The Balaban J connectivity index is 2.50. The lowest BCUT2D eigenvalue weighted by molar-refractivity contribution is -0.143. The minimum atomic E-state index is -0.224. The fourth-order valence-electron chi connectivity index (χ4n) is 0.921. The Kier molecular flexibility index (Phi) is 3.96. The highest BCUT2D eigenvalue weighted by molar-refractivity contribution is 7.99. The fourth-order valence-corrected chi connectivity index (χ4v) is 1.84. The first-order valence-corrected chi connectivity index (χ1v) is 5.40. The molecule has 0 spiro atoms. The Morgan fingerprint density at radius 3 is 2.80 bits per heavy atom. The monoisotopic (exact) mass is 230 g/mol. The lowest BCUT2D eigenvalue weighted by Crippen LogP contribution is -2.15. The number of hydrogen-bond donors (Lipinski definition) is 1. The van der Waals surface area contributed by atoms with Gasteiger partial charge in [0.05, 0.1) is 13.0 Å². The van der Waals surface area contributed by atoms with Crippen LogP contribution in [0.4, 0.5) is 5.95 Å². The van der Waals surface area contributed by atoms with Crippen molar-refractivity contribution in [1.82, 2.24) is 14.8 Å². The first kappa shape index (κ1) is 11.8. The summed E-state index contributed by atoms with van der Waals surface area (Å²) in [5.74, 6) is 0.567. The average Bonchev–Trinajstić information content (AvgIpc) is 2.55. The molecule has 0 aliphatic rings. The van der Waals surface area contributed by atoms with Gasteiger partial charge < -0.3 is 10.5 Å². The Bertz CT molecular complexity index is 352. The number of rotatable bonds is 4.